The van der Waals surface area contributed by atoms with Crippen LogP contribution in [-0.2, 0) is 16.1 Å². The van der Waals surface area contributed by atoms with Crippen LogP contribution in [0, 0.1) is 0 Å². The predicted octanol–water partition coefficient (Wildman–Crippen LogP) is 2.85. The van der Waals surface area contributed by atoms with E-state index in [1.165, 1.54) is 0 Å². The Kier molecular flexibility index (Phi) is 4.48. The molecule has 2 rings (SSSR count). The first-order valence-electron chi connectivity index (χ1n) is 6.12. The van der Waals surface area contributed by atoms with Crippen molar-refractivity contribution in [3.8, 4) is 0 Å². The highest BCUT2D eigenvalue weighted by Crippen LogP contribution is 2.24. The molecule has 0 radical (unpaired) electrons. The standard InChI is InChI=1S/C14H17NO2/c16-11-15-13-8-4-5-9-14(13)17-10-12-6-2-1-3-7-12/h1-3,6-7,13-14H,4-5,8-10H2/t13-,14-/m1/s1. The minimum atomic E-state index is 0.00459. The van der Waals surface area contributed by atoms with E-state index in [9.17, 15) is 4.79 Å². The minimum Gasteiger partial charge on any atom is -0.371 e. The third kappa shape index (κ3) is 3.52. The number of hydrogen-bond donors (Lipinski definition) is 0. The minimum absolute atomic E-state index is 0.00459. The zero-order valence-corrected chi connectivity index (χ0v) is 9.84. The fourth-order valence-electron chi connectivity index (χ4n) is 2.26. The number of carbonyl (C=O) groups excluding carboxylic acids is 1. The van der Waals surface area contributed by atoms with Gasteiger partial charge in [-0.3, -0.25) is 0 Å². The summed E-state index contributed by atoms with van der Waals surface area (Å²) < 4.78 is 5.86. The molecule has 3 heteroatoms. The van der Waals surface area contributed by atoms with Crippen LogP contribution in [0.4, 0.5) is 0 Å². The third-order valence-electron chi connectivity index (χ3n) is 3.19. The Labute approximate surface area is 102 Å². The molecule has 1 saturated carbocycles. The third-order valence-corrected chi connectivity index (χ3v) is 3.19. The Hall–Kier alpha value is -1.44. The molecule has 0 amide bonds. The molecule has 1 aliphatic carbocycles. The molecule has 0 bridgehead atoms. The normalized spacial score (nSPS) is 24.0. The molecule has 0 spiro atoms. The SMILES string of the molecule is O=C=N[C@@H]1CCCC[C@H]1OCc1ccccc1. The number of aliphatic imine (C=N–C) groups is 1. The molecule has 1 aromatic rings. The predicted molar refractivity (Wildman–Crippen MR) is 65.4 cm³/mol. The fraction of sp³-hybridized carbons (Fsp3) is 0.500. The summed E-state index contributed by atoms with van der Waals surface area (Å²) in [6.45, 7) is 0.594. The van der Waals surface area contributed by atoms with Crippen LogP contribution in [0.3, 0.4) is 0 Å². The van der Waals surface area contributed by atoms with Gasteiger partial charge in [-0.05, 0) is 18.4 Å². The molecule has 3 nitrogen and oxygen atoms in total. The first-order valence-corrected chi connectivity index (χ1v) is 6.12. The maximum Gasteiger partial charge on any atom is 0.235 e. The van der Waals surface area contributed by atoms with E-state index in [-0.39, 0.29) is 12.1 Å². The lowest BCUT2D eigenvalue weighted by atomic mass is 9.93. The van der Waals surface area contributed by atoms with Crippen LogP contribution in [0.15, 0.2) is 35.3 Å². The first kappa shape index (κ1) is 12.0. The zero-order valence-electron chi connectivity index (χ0n) is 9.84. The fourth-order valence-corrected chi connectivity index (χ4v) is 2.26. The van der Waals surface area contributed by atoms with Crippen molar-refractivity contribution in [2.75, 3.05) is 0 Å². The van der Waals surface area contributed by atoms with Crippen molar-refractivity contribution in [3.63, 3.8) is 0 Å². The summed E-state index contributed by atoms with van der Waals surface area (Å²) in [5.41, 5.74) is 1.16. The Balaban J connectivity index is 1.90. The van der Waals surface area contributed by atoms with E-state index in [1.54, 1.807) is 6.08 Å². The van der Waals surface area contributed by atoms with Gasteiger partial charge in [-0.25, -0.2) is 4.79 Å². The van der Waals surface area contributed by atoms with Crippen molar-refractivity contribution in [1.29, 1.82) is 0 Å². The highest BCUT2D eigenvalue weighted by Gasteiger charge is 2.25. The second-order valence-electron chi connectivity index (χ2n) is 4.41. The largest absolute Gasteiger partial charge is 0.371 e. The molecule has 1 aliphatic rings. The van der Waals surface area contributed by atoms with Crippen LogP contribution < -0.4 is 0 Å². The molecular weight excluding hydrogens is 214 g/mol. The summed E-state index contributed by atoms with van der Waals surface area (Å²) >= 11 is 0. The van der Waals surface area contributed by atoms with Crippen molar-refractivity contribution in [1.82, 2.24) is 0 Å². The molecule has 0 N–H and O–H groups in total. The van der Waals surface area contributed by atoms with Crippen LogP contribution in [0.2, 0.25) is 0 Å². The van der Waals surface area contributed by atoms with Crippen LogP contribution in [0.5, 0.6) is 0 Å². The van der Waals surface area contributed by atoms with Gasteiger partial charge in [0.1, 0.15) is 0 Å². The number of benzene rings is 1. The maximum atomic E-state index is 10.3. The average molecular weight is 231 g/mol. The summed E-state index contributed by atoms with van der Waals surface area (Å²) in [5.74, 6) is 0. The summed E-state index contributed by atoms with van der Waals surface area (Å²) in [6.07, 6.45) is 5.95. The lowest BCUT2D eigenvalue weighted by Crippen LogP contribution is -2.30. The van der Waals surface area contributed by atoms with E-state index in [2.05, 4.69) is 4.99 Å². The van der Waals surface area contributed by atoms with Gasteiger partial charge in [0.2, 0.25) is 6.08 Å². The van der Waals surface area contributed by atoms with E-state index in [0.717, 1.165) is 31.2 Å². The second-order valence-corrected chi connectivity index (χ2v) is 4.41. The molecule has 0 aromatic heterocycles. The van der Waals surface area contributed by atoms with Crippen molar-refractivity contribution in [2.24, 2.45) is 4.99 Å². The van der Waals surface area contributed by atoms with Gasteiger partial charge in [0.25, 0.3) is 0 Å². The van der Waals surface area contributed by atoms with Gasteiger partial charge >= 0.3 is 0 Å². The summed E-state index contributed by atoms with van der Waals surface area (Å²) in [7, 11) is 0. The monoisotopic (exact) mass is 231 g/mol. The molecule has 0 heterocycles. The second kappa shape index (κ2) is 6.33. The van der Waals surface area contributed by atoms with E-state index in [1.807, 2.05) is 30.3 Å². The number of nitrogens with zero attached hydrogens (tertiary/aromatic N) is 1. The van der Waals surface area contributed by atoms with Gasteiger partial charge < -0.3 is 4.74 Å². The van der Waals surface area contributed by atoms with Crippen molar-refractivity contribution < 1.29 is 9.53 Å². The van der Waals surface area contributed by atoms with Gasteiger partial charge in [-0.15, -0.1) is 0 Å². The Morgan fingerprint density at radius 2 is 2.00 bits per heavy atom. The first-order chi connectivity index (χ1) is 8.40. The maximum absolute atomic E-state index is 10.3. The van der Waals surface area contributed by atoms with E-state index < -0.39 is 0 Å². The number of ether oxygens (including phenoxy) is 1. The summed E-state index contributed by atoms with van der Waals surface area (Å²) in [4.78, 5) is 14.2. The van der Waals surface area contributed by atoms with Gasteiger partial charge in [0.15, 0.2) is 0 Å². The molecule has 0 saturated heterocycles. The van der Waals surface area contributed by atoms with E-state index in [4.69, 9.17) is 4.74 Å². The molecule has 17 heavy (non-hydrogen) atoms. The summed E-state index contributed by atoms with van der Waals surface area (Å²) in [6, 6.07) is 10.1. The molecule has 1 fully saturated rings. The topological polar surface area (TPSA) is 38.7 Å². The Morgan fingerprint density at radius 1 is 1.24 bits per heavy atom. The summed E-state index contributed by atoms with van der Waals surface area (Å²) in [5, 5.41) is 0. The van der Waals surface area contributed by atoms with Crippen LogP contribution >= 0.6 is 0 Å². The Bertz CT molecular complexity index is 384. The number of rotatable bonds is 4. The molecule has 90 valence electrons. The zero-order chi connectivity index (χ0) is 11.9. The van der Waals surface area contributed by atoms with Gasteiger partial charge in [0, 0.05) is 0 Å². The van der Waals surface area contributed by atoms with Crippen LogP contribution in [-0.4, -0.2) is 18.2 Å². The van der Waals surface area contributed by atoms with Crippen LogP contribution in [0.25, 0.3) is 0 Å². The van der Waals surface area contributed by atoms with E-state index in [0.29, 0.717) is 6.61 Å². The quantitative estimate of drug-likeness (QED) is 0.590. The van der Waals surface area contributed by atoms with Gasteiger partial charge in [0.05, 0.1) is 18.8 Å². The molecule has 1 aromatic carbocycles. The van der Waals surface area contributed by atoms with Crippen molar-refractivity contribution in [2.45, 2.75) is 44.4 Å². The lowest BCUT2D eigenvalue weighted by molar-refractivity contribution is 0.00466. The highest BCUT2D eigenvalue weighted by atomic mass is 16.5. The van der Waals surface area contributed by atoms with Crippen molar-refractivity contribution in [3.05, 3.63) is 35.9 Å². The molecule has 0 unspecified atom stereocenters. The molecular formula is C14H17NO2. The number of hydrogen-bond acceptors (Lipinski definition) is 3. The van der Waals surface area contributed by atoms with Gasteiger partial charge in [-0.1, -0.05) is 43.2 Å². The molecule has 2 atom stereocenters. The molecule has 0 aliphatic heterocycles. The average Bonchev–Trinajstić information content (AvgIpc) is 2.39. The van der Waals surface area contributed by atoms with Gasteiger partial charge in [-0.2, -0.15) is 4.99 Å². The van der Waals surface area contributed by atoms with Crippen molar-refractivity contribution >= 4 is 6.08 Å². The highest BCUT2D eigenvalue weighted by molar-refractivity contribution is 5.33. The lowest BCUT2D eigenvalue weighted by Gasteiger charge is -2.27. The number of isocyanates is 1. The van der Waals surface area contributed by atoms with E-state index >= 15 is 0 Å². The smallest absolute Gasteiger partial charge is 0.235 e. The Morgan fingerprint density at radius 3 is 2.76 bits per heavy atom. The van der Waals surface area contributed by atoms with Crippen LogP contribution in [0.1, 0.15) is 31.2 Å².